The van der Waals surface area contributed by atoms with Crippen molar-refractivity contribution in [2.75, 3.05) is 13.2 Å². The van der Waals surface area contributed by atoms with Crippen LogP contribution in [0.15, 0.2) is 48.6 Å². The number of carbonyl (C=O) groups excluding carboxylic acids is 3. The van der Waals surface area contributed by atoms with Gasteiger partial charge < -0.3 is 14.2 Å². The minimum Gasteiger partial charge on any atom is -0.462 e. The first-order valence-corrected chi connectivity index (χ1v) is 28.1. The van der Waals surface area contributed by atoms with Gasteiger partial charge in [0.25, 0.3) is 0 Å². The SMILES string of the molecule is CC/C=C\C/C=C\C/C=C\CCCCCCCC(=O)OC[C@H](COC(=O)CCCCCCC/C=C\CCCC)OC(=O)CCCCCCCCCCCCCCCCCCCCCCC. The lowest BCUT2D eigenvalue weighted by atomic mass is 10.0. The Morgan fingerprint density at radius 3 is 1.00 bits per heavy atom. The molecule has 6 heteroatoms. The van der Waals surface area contributed by atoms with E-state index in [1.54, 1.807) is 0 Å². The molecule has 0 spiro atoms. The highest BCUT2D eigenvalue weighted by molar-refractivity contribution is 5.71. The van der Waals surface area contributed by atoms with E-state index in [1.165, 1.54) is 148 Å². The van der Waals surface area contributed by atoms with Gasteiger partial charge in [-0.1, -0.05) is 249 Å². The topological polar surface area (TPSA) is 78.9 Å². The van der Waals surface area contributed by atoms with Crippen LogP contribution in [0.2, 0.25) is 0 Å². The summed E-state index contributed by atoms with van der Waals surface area (Å²) in [6, 6.07) is 0. The first-order chi connectivity index (χ1) is 32.0. The van der Waals surface area contributed by atoms with Crippen molar-refractivity contribution >= 4 is 17.9 Å². The van der Waals surface area contributed by atoms with Gasteiger partial charge in [-0.2, -0.15) is 0 Å². The summed E-state index contributed by atoms with van der Waals surface area (Å²) in [6.45, 7) is 6.50. The minimum absolute atomic E-state index is 0.0808. The van der Waals surface area contributed by atoms with Crippen LogP contribution in [0.5, 0.6) is 0 Å². The summed E-state index contributed by atoms with van der Waals surface area (Å²) in [7, 11) is 0. The van der Waals surface area contributed by atoms with E-state index in [1.807, 2.05) is 0 Å². The lowest BCUT2D eigenvalue weighted by molar-refractivity contribution is -0.167. The van der Waals surface area contributed by atoms with Gasteiger partial charge in [-0.15, -0.1) is 0 Å². The summed E-state index contributed by atoms with van der Waals surface area (Å²) >= 11 is 0. The fourth-order valence-electron chi connectivity index (χ4n) is 8.09. The third kappa shape index (κ3) is 52.2. The first kappa shape index (κ1) is 62.4. The zero-order chi connectivity index (χ0) is 47.2. The van der Waals surface area contributed by atoms with Crippen molar-refractivity contribution in [3.05, 3.63) is 48.6 Å². The van der Waals surface area contributed by atoms with Crippen LogP contribution in [0.4, 0.5) is 0 Å². The van der Waals surface area contributed by atoms with Crippen molar-refractivity contribution in [2.45, 2.75) is 297 Å². The Kier molecular flexibility index (Phi) is 51.8. The molecule has 0 aromatic carbocycles. The van der Waals surface area contributed by atoms with Gasteiger partial charge in [-0.05, 0) is 70.6 Å². The largest absolute Gasteiger partial charge is 0.462 e. The highest BCUT2D eigenvalue weighted by Gasteiger charge is 2.19. The van der Waals surface area contributed by atoms with E-state index in [4.69, 9.17) is 14.2 Å². The number of carbonyl (C=O) groups is 3. The predicted octanol–water partition coefficient (Wildman–Crippen LogP) is 18.7. The standard InChI is InChI=1S/C59H106O6/c1-4-7-10-13-16-19-22-24-26-27-28-29-30-31-33-35-38-41-44-47-50-53-59(62)65-56(54-63-57(60)51-48-45-42-39-36-21-18-15-12-9-6-3)55-64-58(61)52-49-46-43-40-37-34-32-25-23-20-17-14-11-8-5-2/h8,11,15,17-18,20,25,32,56H,4-7,9-10,12-14,16,19,21-24,26-31,33-55H2,1-3H3/b11-8-,18-15-,20-17-,32-25-/t56-/m0/s1. The molecule has 6 nitrogen and oxygen atoms in total. The number of hydrogen-bond donors (Lipinski definition) is 0. The molecule has 0 fully saturated rings. The number of hydrogen-bond acceptors (Lipinski definition) is 6. The predicted molar refractivity (Wildman–Crippen MR) is 279 cm³/mol. The van der Waals surface area contributed by atoms with Crippen molar-refractivity contribution in [3.63, 3.8) is 0 Å². The molecule has 378 valence electrons. The van der Waals surface area contributed by atoms with Crippen molar-refractivity contribution in [1.82, 2.24) is 0 Å². The Labute approximate surface area is 403 Å². The van der Waals surface area contributed by atoms with Gasteiger partial charge in [0.1, 0.15) is 13.2 Å². The molecule has 0 aromatic rings. The molecule has 0 N–H and O–H groups in total. The van der Waals surface area contributed by atoms with E-state index >= 15 is 0 Å². The molecule has 0 amide bonds. The van der Waals surface area contributed by atoms with Crippen LogP contribution in [-0.4, -0.2) is 37.2 Å². The molecule has 0 bridgehead atoms. The molecular formula is C59H106O6. The highest BCUT2D eigenvalue weighted by Crippen LogP contribution is 2.17. The summed E-state index contributed by atoms with van der Waals surface area (Å²) in [5.41, 5.74) is 0. The summed E-state index contributed by atoms with van der Waals surface area (Å²) in [5.74, 6) is -0.894. The maximum Gasteiger partial charge on any atom is 0.306 e. The van der Waals surface area contributed by atoms with E-state index in [0.717, 1.165) is 103 Å². The maximum absolute atomic E-state index is 12.8. The molecule has 0 saturated carbocycles. The molecule has 0 aliphatic carbocycles. The Morgan fingerprint density at radius 1 is 0.323 bits per heavy atom. The van der Waals surface area contributed by atoms with Crippen molar-refractivity contribution < 1.29 is 28.6 Å². The van der Waals surface area contributed by atoms with Crippen molar-refractivity contribution in [3.8, 4) is 0 Å². The fraction of sp³-hybridized carbons (Fsp3) is 0.814. The number of unbranched alkanes of at least 4 members (excludes halogenated alkanes) is 32. The second-order valence-electron chi connectivity index (χ2n) is 18.8. The monoisotopic (exact) mass is 911 g/mol. The van der Waals surface area contributed by atoms with E-state index < -0.39 is 6.10 Å². The van der Waals surface area contributed by atoms with Crippen LogP contribution in [0.3, 0.4) is 0 Å². The van der Waals surface area contributed by atoms with Crippen molar-refractivity contribution in [1.29, 1.82) is 0 Å². The van der Waals surface area contributed by atoms with Gasteiger partial charge in [-0.25, -0.2) is 0 Å². The lowest BCUT2D eigenvalue weighted by Crippen LogP contribution is -2.30. The second-order valence-corrected chi connectivity index (χ2v) is 18.8. The number of allylic oxidation sites excluding steroid dienone is 8. The minimum atomic E-state index is -0.780. The van der Waals surface area contributed by atoms with E-state index in [9.17, 15) is 14.4 Å². The lowest BCUT2D eigenvalue weighted by Gasteiger charge is -2.18. The Hall–Kier alpha value is -2.63. The second kappa shape index (κ2) is 54.0. The summed E-state index contributed by atoms with van der Waals surface area (Å²) in [6.07, 6.45) is 65.4. The summed E-state index contributed by atoms with van der Waals surface area (Å²) in [5, 5.41) is 0. The fourth-order valence-corrected chi connectivity index (χ4v) is 8.09. The average molecular weight is 911 g/mol. The van der Waals surface area contributed by atoms with E-state index in [0.29, 0.717) is 19.3 Å². The molecule has 0 aliphatic heterocycles. The molecule has 0 heterocycles. The first-order valence-electron chi connectivity index (χ1n) is 28.1. The third-order valence-electron chi connectivity index (χ3n) is 12.3. The van der Waals surface area contributed by atoms with Crippen LogP contribution in [-0.2, 0) is 28.6 Å². The molecule has 65 heavy (non-hydrogen) atoms. The zero-order valence-corrected chi connectivity index (χ0v) is 43.3. The van der Waals surface area contributed by atoms with Crippen LogP contribution in [0.25, 0.3) is 0 Å². The van der Waals surface area contributed by atoms with Gasteiger partial charge in [-0.3, -0.25) is 14.4 Å². The molecule has 0 saturated heterocycles. The quantitative estimate of drug-likeness (QED) is 0.0262. The summed E-state index contributed by atoms with van der Waals surface area (Å²) in [4.78, 5) is 38.0. The Bertz CT molecular complexity index is 1140. The van der Waals surface area contributed by atoms with Gasteiger partial charge in [0.2, 0.25) is 0 Å². The zero-order valence-electron chi connectivity index (χ0n) is 43.3. The average Bonchev–Trinajstić information content (AvgIpc) is 3.30. The van der Waals surface area contributed by atoms with Crippen LogP contribution in [0, 0.1) is 0 Å². The molecule has 0 rings (SSSR count). The van der Waals surface area contributed by atoms with Crippen LogP contribution in [0.1, 0.15) is 290 Å². The van der Waals surface area contributed by atoms with Gasteiger partial charge >= 0.3 is 17.9 Å². The maximum atomic E-state index is 12.8. The van der Waals surface area contributed by atoms with E-state index in [2.05, 4.69) is 69.4 Å². The van der Waals surface area contributed by atoms with Gasteiger partial charge in [0.05, 0.1) is 0 Å². The molecular weight excluding hydrogens is 805 g/mol. The number of esters is 3. The van der Waals surface area contributed by atoms with Crippen LogP contribution >= 0.6 is 0 Å². The number of ether oxygens (including phenoxy) is 3. The van der Waals surface area contributed by atoms with E-state index in [-0.39, 0.29) is 31.1 Å². The van der Waals surface area contributed by atoms with Crippen LogP contribution < -0.4 is 0 Å². The smallest absolute Gasteiger partial charge is 0.306 e. The highest BCUT2D eigenvalue weighted by atomic mass is 16.6. The summed E-state index contributed by atoms with van der Waals surface area (Å²) < 4.78 is 16.8. The Balaban J connectivity index is 4.30. The molecule has 0 aromatic heterocycles. The molecule has 0 radical (unpaired) electrons. The normalized spacial score (nSPS) is 12.4. The van der Waals surface area contributed by atoms with Crippen molar-refractivity contribution in [2.24, 2.45) is 0 Å². The van der Waals surface area contributed by atoms with Gasteiger partial charge in [0.15, 0.2) is 6.10 Å². The van der Waals surface area contributed by atoms with Gasteiger partial charge in [0, 0.05) is 19.3 Å². The molecule has 0 aliphatic rings. The third-order valence-corrected chi connectivity index (χ3v) is 12.3. The molecule has 0 unspecified atom stereocenters. The Morgan fingerprint density at radius 2 is 0.615 bits per heavy atom. The number of rotatable bonds is 51. The molecule has 1 atom stereocenters.